The van der Waals surface area contributed by atoms with Crippen LogP contribution < -0.4 is 10.1 Å². The van der Waals surface area contributed by atoms with Gasteiger partial charge in [-0.15, -0.1) is 0 Å². The van der Waals surface area contributed by atoms with Crippen LogP contribution in [0.2, 0.25) is 0 Å². The highest BCUT2D eigenvalue weighted by Gasteiger charge is 2.28. The van der Waals surface area contributed by atoms with Crippen LogP contribution in [0.15, 0.2) is 36.5 Å². The lowest BCUT2D eigenvalue weighted by molar-refractivity contribution is -0.128. The Morgan fingerprint density at radius 3 is 2.79 bits per heavy atom. The van der Waals surface area contributed by atoms with E-state index in [9.17, 15) is 4.79 Å². The molecule has 3 rings (SSSR count). The maximum atomic E-state index is 12.1. The van der Waals surface area contributed by atoms with Gasteiger partial charge in [-0.25, -0.2) is 0 Å². The van der Waals surface area contributed by atoms with Crippen molar-refractivity contribution in [2.45, 2.75) is 40.2 Å². The normalized spacial score (nSPS) is 16.4. The van der Waals surface area contributed by atoms with Crippen molar-refractivity contribution >= 4 is 5.91 Å². The zero-order valence-electron chi connectivity index (χ0n) is 14.7. The lowest BCUT2D eigenvalue weighted by atomic mass is 9.95. The van der Waals surface area contributed by atoms with E-state index in [1.807, 2.05) is 39.0 Å². The molecule has 1 N–H and O–H groups in total. The van der Waals surface area contributed by atoms with E-state index in [0.29, 0.717) is 6.54 Å². The van der Waals surface area contributed by atoms with Crippen molar-refractivity contribution in [1.29, 1.82) is 0 Å². The number of amides is 1. The van der Waals surface area contributed by atoms with Crippen molar-refractivity contribution in [2.24, 2.45) is 5.41 Å². The summed E-state index contributed by atoms with van der Waals surface area (Å²) in [6.45, 7) is 8.34. The summed E-state index contributed by atoms with van der Waals surface area (Å²) in [6, 6.07) is 10.1. The second kappa shape index (κ2) is 6.27. The van der Waals surface area contributed by atoms with E-state index in [1.165, 1.54) is 11.1 Å². The number of carbonyl (C=O) groups is 1. The number of rotatable bonds is 3. The number of nitrogens with one attached hydrogen (secondary N) is 1. The second-order valence-electron chi connectivity index (χ2n) is 7.42. The van der Waals surface area contributed by atoms with Crippen LogP contribution in [0.5, 0.6) is 5.75 Å². The summed E-state index contributed by atoms with van der Waals surface area (Å²) < 4.78 is 6.16. The Morgan fingerprint density at radius 1 is 1.33 bits per heavy atom. The van der Waals surface area contributed by atoms with Crippen LogP contribution in [0.4, 0.5) is 0 Å². The largest absolute Gasteiger partial charge is 0.487 e. The molecule has 24 heavy (non-hydrogen) atoms. The molecule has 126 valence electrons. The monoisotopic (exact) mass is 324 g/mol. The second-order valence-corrected chi connectivity index (χ2v) is 7.42. The van der Waals surface area contributed by atoms with Crippen LogP contribution >= 0.6 is 0 Å². The molecule has 0 saturated heterocycles. The van der Waals surface area contributed by atoms with Gasteiger partial charge >= 0.3 is 0 Å². The van der Waals surface area contributed by atoms with Crippen LogP contribution in [0.1, 0.15) is 31.9 Å². The number of fused-ring (bicyclic) bond motifs is 1. The Balaban J connectivity index is 1.79. The SMILES string of the molecule is Cc1cc2c(c(-c3ccccn3)c1)OC(CNC(=O)C(C)(C)C)C2. The predicted octanol–water partition coefficient (Wildman–Crippen LogP) is 3.52. The number of hydrogen-bond acceptors (Lipinski definition) is 3. The molecule has 4 nitrogen and oxygen atoms in total. The van der Waals surface area contributed by atoms with Gasteiger partial charge in [-0.3, -0.25) is 9.78 Å². The standard InChI is InChI=1S/C20H24N2O2/c1-13-9-14-11-15(12-22-19(23)20(2,3)4)24-18(14)16(10-13)17-7-5-6-8-21-17/h5-10,15H,11-12H2,1-4H3,(H,22,23). The molecule has 1 unspecified atom stereocenters. The lowest BCUT2D eigenvalue weighted by Gasteiger charge is -2.19. The Hall–Kier alpha value is -2.36. The minimum absolute atomic E-state index is 0.0319. The van der Waals surface area contributed by atoms with Gasteiger partial charge in [0, 0.05) is 23.6 Å². The molecule has 0 aliphatic carbocycles. The minimum atomic E-state index is -0.388. The first-order chi connectivity index (χ1) is 11.3. The van der Waals surface area contributed by atoms with Crippen LogP contribution in [0.3, 0.4) is 0 Å². The van der Waals surface area contributed by atoms with E-state index in [1.54, 1.807) is 6.20 Å². The summed E-state index contributed by atoms with van der Waals surface area (Å²) >= 11 is 0. The predicted molar refractivity (Wildman–Crippen MR) is 95.0 cm³/mol. The molecule has 2 heterocycles. The summed E-state index contributed by atoms with van der Waals surface area (Å²) in [5.74, 6) is 0.942. The number of pyridine rings is 1. The van der Waals surface area contributed by atoms with Gasteiger partial charge in [-0.1, -0.05) is 32.9 Å². The third-order valence-electron chi connectivity index (χ3n) is 4.15. The van der Waals surface area contributed by atoms with Gasteiger partial charge in [0.15, 0.2) is 0 Å². The highest BCUT2D eigenvalue weighted by atomic mass is 16.5. The van der Waals surface area contributed by atoms with Crippen molar-refractivity contribution in [3.63, 3.8) is 0 Å². The van der Waals surface area contributed by atoms with Gasteiger partial charge in [-0.2, -0.15) is 0 Å². The van der Waals surface area contributed by atoms with Crippen LogP contribution in [-0.4, -0.2) is 23.5 Å². The van der Waals surface area contributed by atoms with Gasteiger partial charge in [0.1, 0.15) is 11.9 Å². The summed E-state index contributed by atoms with van der Waals surface area (Å²) in [6.07, 6.45) is 2.57. The van der Waals surface area contributed by atoms with Gasteiger partial charge in [0.05, 0.1) is 12.2 Å². The molecule has 1 atom stereocenters. The fraction of sp³-hybridized carbons (Fsp3) is 0.400. The molecule has 0 fully saturated rings. The number of aromatic nitrogens is 1. The summed E-state index contributed by atoms with van der Waals surface area (Å²) in [5, 5.41) is 2.99. The average molecular weight is 324 g/mol. The molecule has 4 heteroatoms. The molecule has 2 aromatic rings. The van der Waals surface area contributed by atoms with Crippen molar-refractivity contribution in [3.05, 3.63) is 47.7 Å². The zero-order valence-corrected chi connectivity index (χ0v) is 14.7. The fourth-order valence-corrected chi connectivity index (χ4v) is 2.89. The topological polar surface area (TPSA) is 51.2 Å². The van der Waals surface area contributed by atoms with Gasteiger partial charge in [0.2, 0.25) is 5.91 Å². The summed E-state index contributed by atoms with van der Waals surface area (Å²) in [7, 11) is 0. The Morgan fingerprint density at radius 2 is 2.12 bits per heavy atom. The average Bonchev–Trinajstić information content (AvgIpc) is 2.94. The maximum absolute atomic E-state index is 12.1. The maximum Gasteiger partial charge on any atom is 0.225 e. The van der Waals surface area contributed by atoms with E-state index in [4.69, 9.17) is 4.74 Å². The van der Waals surface area contributed by atoms with Crippen molar-refractivity contribution in [1.82, 2.24) is 10.3 Å². The Kier molecular flexibility index (Phi) is 4.31. The fourth-order valence-electron chi connectivity index (χ4n) is 2.89. The first kappa shape index (κ1) is 16.5. The molecule has 1 aliphatic heterocycles. The first-order valence-electron chi connectivity index (χ1n) is 8.34. The molecule has 1 aliphatic rings. The molecular formula is C20H24N2O2. The van der Waals surface area contributed by atoms with E-state index < -0.39 is 0 Å². The molecular weight excluding hydrogens is 300 g/mol. The molecule has 0 saturated carbocycles. The smallest absolute Gasteiger partial charge is 0.225 e. The van der Waals surface area contributed by atoms with Crippen LogP contribution in [-0.2, 0) is 11.2 Å². The lowest BCUT2D eigenvalue weighted by Crippen LogP contribution is -2.40. The number of hydrogen-bond donors (Lipinski definition) is 1. The summed E-state index contributed by atoms with van der Waals surface area (Å²) in [4.78, 5) is 16.5. The molecule has 0 bridgehead atoms. The molecule has 1 aromatic heterocycles. The minimum Gasteiger partial charge on any atom is -0.487 e. The number of carbonyl (C=O) groups excluding carboxylic acids is 1. The molecule has 0 spiro atoms. The van der Waals surface area contributed by atoms with E-state index in [0.717, 1.165) is 23.4 Å². The number of nitrogens with zero attached hydrogens (tertiary/aromatic N) is 1. The van der Waals surface area contributed by atoms with Crippen molar-refractivity contribution in [2.75, 3.05) is 6.54 Å². The third kappa shape index (κ3) is 3.42. The number of benzene rings is 1. The molecule has 0 radical (unpaired) electrons. The van der Waals surface area contributed by atoms with E-state index in [2.05, 4.69) is 29.4 Å². The first-order valence-corrected chi connectivity index (χ1v) is 8.34. The van der Waals surface area contributed by atoms with Crippen LogP contribution in [0, 0.1) is 12.3 Å². The van der Waals surface area contributed by atoms with Crippen molar-refractivity contribution in [3.8, 4) is 17.0 Å². The third-order valence-corrected chi connectivity index (χ3v) is 4.15. The van der Waals surface area contributed by atoms with Crippen LogP contribution in [0.25, 0.3) is 11.3 Å². The van der Waals surface area contributed by atoms with E-state index in [-0.39, 0.29) is 17.4 Å². The molecule has 1 amide bonds. The van der Waals surface area contributed by atoms with Gasteiger partial charge in [0.25, 0.3) is 0 Å². The highest BCUT2D eigenvalue weighted by molar-refractivity contribution is 5.81. The van der Waals surface area contributed by atoms with Crippen molar-refractivity contribution < 1.29 is 9.53 Å². The van der Waals surface area contributed by atoms with Gasteiger partial charge < -0.3 is 10.1 Å². The van der Waals surface area contributed by atoms with Gasteiger partial charge in [-0.05, 0) is 36.2 Å². The summed E-state index contributed by atoms with van der Waals surface area (Å²) in [5.41, 5.74) is 3.93. The highest BCUT2D eigenvalue weighted by Crippen LogP contribution is 2.39. The number of aryl methyl sites for hydroxylation is 1. The van der Waals surface area contributed by atoms with E-state index >= 15 is 0 Å². The number of ether oxygens (including phenoxy) is 1. The Labute approximate surface area is 143 Å². The Bertz CT molecular complexity index is 748. The molecule has 1 aromatic carbocycles. The zero-order chi connectivity index (χ0) is 17.3. The quantitative estimate of drug-likeness (QED) is 0.940.